The van der Waals surface area contributed by atoms with Gasteiger partial charge in [0.05, 0.1) is 10.5 Å². The molecule has 1 aromatic rings. The lowest BCUT2D eigenvalue weighted by molar-refractivity contribution is -0.380. The Balaban J connectivity index is 2.26. The number of hydrogen-bond acceptors (Lipinski definition) is 6. The first-order valence-electron chi connectivity index (χ1n) is 5.43. The summed E-state index contributed by atoms with van der Waals surface area (Å²) in [4.78, 5) is 45.3. The number of amides is 2. The molecular weight excluding hydrogens is 290 g/mol. The maximum Gasteiger partial charge on any atom is 0.328 e. The molecule has 2 rings (SSSR count). The van der Waals surface area contributed by atoms with Crippen molar-refractivity contribution in [3.05, 3.63) is 27.1 Å². The van der Waals surface area contributed by atoms with Gasteiger partial charge in [0.25, 0.3) is 5.91 Å². The molecule has 1 fully saturated rings. The quantitative estimate of drug-likeness (QED) is 0.581. The zero-order valence-electron chi connectivity index (χ0n) is 9.94. The van der Waals surface area contributed by atoms with Gasteiger partial charge in [-0.3, -0.25) is 19.7 Å². The van der Waals surface area contributed by atoms with Gasteiger partial charge in [-0.25, -0.2) is 4.79 Å². The van der Waals surface area contributed by atoms with Crippen molar-refractivity contribution in [2.45, 2.75) is 6.04 Å². The molecule has 20 heavy (non-hydrogen) atoms. The molecule has 1 aliphatic rings. The van der Waals surface area contributed by atoms with Crippen LogP contribution in [-0.2, 0) is 9.59 Å². The summed E-state index contributed by atoms with van der Waals surface area (Å²) in [7, 11) is 0. The number of carbonyl (C=O) groups is 3. The van der Waals surface area contributed by atoms with Crippen LogP contribution in [-0.4, -0.2) is 51.8 Å². The van der Waals surface area contributed by atoms with Crippen molar-refractivity contribution in [2.24, 2.45) is 0 Å². The lowest BCUT2D eigenvalue weighted by atomic mass is 10.1. The van der Waals surface area contributed by atoms with Crippen molar-refractivity contribution in [2.75, 3.05) is 13.1 Å². The van der Waals surface area contributed by atoms with E-state index in [4.69, 9.17) is 5.11 Å². The van der Waals surface area contributed by atoms with E-state index in [-0.39, 0.29) is 23.7 Å². The summed E-state index contributed by atoms with van der Waals surface area (Å²) in [5.41, 5.74) is 0.00245. The first kappa shape index (κ1) is 13.9. The maximum atomic E-state index is 12.2. The third-order valence-electron chi connectivity index (χ3n) is 2.74. The third kappa shape index (κ3) is 2.59. The number of nitro groups is 1. The van der Waals surface area contributed by atoms with Gasteiger partial charge >= 0.3 is 11.0 Å². The number of thiophene rings is 1. The Labute approximate surface area is 115 Å². The van der Waals surface area contributed by atoms with Gasteiger partial charge in [0.2, 0.25) is 5.91 Å². The molecule has 2 amide bonds. The fraction of sp³-hybridized carbons (Fsp3) is 0.300. The monoisotopic (exact) mass is 299 g/mol. The van der Waals surface area contributed by atoms with Crippen LogP contribution in [0.5, 0.6) is 0 Å². The number of hydrogen-bond donors (Lipinski definition) is 2. The Morgan fingerprint density at radius 3 is 2.80 bits per heavy atom. The average molecular weight is 299 g/mol. The fourth-order valence-corrected chi connectivity index (χ4v) is 2.47. The molecular formula is C10H9N3O6S. The van der Waals surface area contributed by atoms with Crippen LogP contribution in [0.3, 0.4) is 0 Å². The van der Waals surface area contributed by atoms with Gasteiger partial charge in [-0.2, -0.15) is 0 Å². The number of nitrogens with zero attached hydrogens (tertiary/aromatic N) is 2. The van der Waals surface area contributed by atoms with E-state index in [9.17, 15) is 24.5 Å². The highest BCUT2D eigenvalue weighted by atomic mass is 32.1. The molecule has 1 aliphatic heterocycles. The molecule has 0 aliphatic carbocycles. The van der Waals surface area contributed by atoms with Crippen LogP contribution < -0.4 is 5.32 Å². The maximum absolute atomic E-state index is 12.2. The molecule has 0 spiro atoms. The summed E-state index contributed by atoms with van der Waals surface area (Å²) in [5.74, 6) is -2.43. The Morgan fingerprint density at radius 2 is 2.25 bits per heavy atom. The SMILES string of the molecule is O=C1CN(C(=O)c2csc([N+](=O)[O-])c2)C(C(=O)O)CN1. The van der Waals surface area contributed by atoms with E-state index < -0.39 is 28.7 Å². The van der Waals surface area contributed by atoms with Gasteiger partial charge in [-0.1, -0.05) is 11.3 Å². The van der Waals surface area contributed by atoms with Crippen LogP contribution in [0.2, 0.25) is 0 Å². The molecule has 9 nitrogen and oxygen atoms in total. The van der Waals surface area contributed by atoms with Gasteiger partial charge in [0.1, 0.15) is 12.6 Å². The van der Waals surface area contributed by atoms with Crippen molar-refractivity contribution < 1.29 is 24.4 Å². The molecule has 1 saturated heterocycles. The van der Waals surface area contributed by atoms with E-state index in [1.165, 1.54) is 5.38 Å². The van der Waals surface area contributed by atoms with Crippen molar-refractivity contribution in [1.29, 1.82) is 0 Å². The minimum atomic E-state index is -1.25. The standard InChI is InChI=1S/C10H9N3O6S/c14-7-3-12(6(2-11-7)10(16)17)9(15)5-1-8(13(18)19)20-4-5/h1,4,6H,2-3H2,(H,11,14)(H,16,17). The second-order valence-electron chi connectivity index (χ2n) is 4.02. The van der Waals surface area contributed by atoms with E-state index in [1.807, 2.05) is 0 Å². The largest absolute Gasteiger partial charge is 0.480 e. The van der Waals surface area contributed by atoms with Crippen molar-refractivity contribution >= 4 is 34.1 Å². The van der Waals surface area contributed by atoms with Gasteiger partial charge in [-0.15, -0.1) is 0 Å². The summed E-state index contributed by atoms with van der Waals surface area (Å²) in [6.45, 7) is -0.578. The van der Waals surface area contributed by atoms with Crippen molar-refractivity contribution in [3.8, 4) is 0 Å². The number of carbonyl (C=O) groups excluding carboxylic acids is 2. The zero-order chi connectivity index (χ0) is 14.9. The highest BCUT2D eigenvalue weighted by Gasteiger charge is 2.36. The number of carboxylic acid groups (broad SMARTS) is 1. The average Bonchev–Trinajstić information content (AvgIpc) is 2.87. The summed E-state index contributed by atoms with van der Waals surface area (Å²) >= 11 is 0.766. The van der Waals surface area contributed by atoms with E-state index >= 15 is 0 Å². The zero-order valence-corrected chi connectivity index (χ0v) is 10.8. The number of piperazine rings is 1. The summed E-state index contributed by atoms with van der Waals surface area (Å²) < 4.78 is 0. The summed E-state index contributed by atoms with van der Waals surface area (Å²) in [6.07, 6.45) is 0. The Hall–Kier alpha value is -2.49. The molecule has 106 valence electrons. The Bertz CT molecular complexity index is 598. The first-order valence-corrected chi connectivity index (χ1v) is 6.31. The minimum absolute atomic E-state index is 0.00245. The van der Waals surface area contributed by atoms with Gasteiger partial charge in [-0.05, 0) is 0 Å². The van der Waals surface area contributed by atoms with Gasteiger partial charge in [0.15, 0.2) is 0 Å². The van der Waals surface area contributed by atoms with Gasteiger partial charge in [0, 0.05) is 18.0 Å². The van der Waals surface area contributed by atoms with E-state index in [2.05, 4.69) is 5.32 Å². The normalized spacial score (nSPS) is 18.5. The highest BCUT2D eigenvalue weighted by molar-refractivity contribution is 7.13. The molecule has 1 unspecified atom stereocenters. The van der Waals surface area contributed by atoms with Crippen molar-refractivity contribution in [3.63, 3.8) is 0 Å². The highest BCUT2D eigenvalue weighted by Crippen LogP contribution is 2.24. The van der Waals surface area contributed by atoms with Crippen LogP contribution in [0.15, 0.2) is 11.4 Å². The molecule has 1 aromatic heterocycles. The molecule has 0 bridgehead atoms. The van der Waals surface area contributed by atoms with Gasteiger partial charge < -0.3 is 15.3 Å². The topological polar surface area (TPSA) is 130 Å². The van der Waals surface area contributed by atoms with E-state index in [0.29, 0.717) is 0 Å². The predicted molar refractivity (Wildman–Crippen MR) is 66.4 cm³/mol. The van der Waals surface area contributed by atoms with Crippen LogP contribution in [0.1, 0.15) is 10.4 Å². The molecule has 0 saturated carbocycles. The Kier molecular flexibility index (Phi) is 3.66. The first-order chi connectivity index (χ1) is 9.40. The third-order valence-corrected chi connectivity index (χ3v) is 3.62. The van der Waals surface area contributed by atoms with Crippen LogP contribution in [0, 0.1) is 10.1 Å². The molecule has 2 N–H and O–H groups in total. The molecule has 1 atom stereocenters. The minimum Gasteiger partial charge on any atom is -0.480 e. The number of aliphatic carboxylic acids is 1. The van der Waals surface area contributed by atoms with Crippen molar-refractivity contribution in [1.82, 2.24) is 10.2 Å². The van der Waals surface area contributed by atoms with Crippen LogP contribution >= 0.6 is 11.3 Å². The van der Waals surface area contributed by atoms with E-state index in [0.717, 1.165) is 22.3 Å². The van der Waals surface area contributed by atoms with Crippen LogP contribution in [0.4, 0.5) is 5.00 Å². The predicted octanol–water partition coefficient (Wildman–Crippen LogP) is -0.318. The van der Waals surface area contributed by atoms with E-state index in [1.54, 1.807) is 0 Å². The fourth-order valence-electron chi connectivity index (χ4n) is 1.77. The summed E-state index contributed by atoms with van der Waals surface area (Å²) in [5, 5.41) is 23.0. The molecule has 10 heteroatoms. The van der Waals surface area contributed by atoms with Crippen LogP contribution in [0.25, 0.3) is 0 Å². The molecule has 0 radical (unpaired) electrons. The number of rotatable bonds is 3. The molecule has 0 aromatic carbocycles. The molecule has 2 heterocycles. The smallest absolute Gasteiger partial charge is 0.328 e. The Morgan fingerprint density at radius 1 is 1.55 bits per heavy atom. The lowest BCUT2D eigenvalue weighted by Crippen LogP contribution is -2.59. The number of carboxylic acids is 1. The number of nitrogens with one attached hydrogen (secondary N) is 1. The second kappa shape index (κ2) is 5.25. The lowest BCUT2D eigenvalue weighted by Gasteiger charge is -2.32. The second-order valence-corrected chi connectivity index (χ2v) is 4.91. The summed E-state index contributed by atoms with van der Waals surface area (Å²) in [6, 6.07) is -0.113.